The molecule has 0 N–H and O–H groups in total. The summed E-state index contributed by atoms with van der Waals surface area (Å²) in [6.45, 7) is 0.492. The highest BCUT2D eigenvalue weighted by molar-refractivity contribution is 9.10. The highest BCUT2D eigenvalue weighted by Gasteiger charge is 2.42. The van der Waals surface area contributed by atoms with Gasteiger partial charge in [-0.2, -0.15) is 0 Å². The number of nitrogens with zero attached hydrogens (tertiary/aromatic N) is 1. The van der Waals surface area contributed by atoms with Crippen LogP contribution in [-0.2, 0) is 6.42 Å². The minimum atomic E-state index is -0.461. The Hall–Kier alpha value is -3.18. The molecule has 1 amide bonds. The van der Waals surface area contributed by atoms with Gasteiger partial charge in [-0.15, -0.1) is 0 Å². The van der Waals surface area contributed by atoms with Crippen LogP contribution < -0.4 is 5.43 Å². The second-order valence-electron chi connectivity index (χ2n) is 7.36. The van der Waals surface area contributed by atoms with Crippen LogP contribution in [0.5, 0.6) is 0 Å². The summed E-state index contributed by atoms with van der Waals surface area (Å²) in [5.41, 5.74) is 2.73. The maximum Gasteiger partial charge on any atom is 0.290 e. The average molecular weight is 460 g/mol. The topological polar surface area (TPSA) is 50.5 Å². The van der Waals surface area contributed by atoms with Crippen molar-refractivity contribution < 1.29 is 9.21 Å². The van der Waals surface area contributed by atoms with Gasteiger partial charge in [0.2, 0.25) is 5.76 Å². The summed E-state index contributed by atoms with van der Waals surface area (Å²) in [4.78, 5) is 28.6. The van der Waals surface area contributed by atoms with Crippen molar-refractivity contribution >= 4 is 32.8 Å². The van der Waals surface area contributed by atoms with Gasteiger partial charge >= 0.3 is 0 Å². The lowest BCUT2D eigenvalue weighted by atomic mass is 9.98. The molecule has 0 aliphatic carbocycles. The molecule has 0 spiro atoms. The van der Waals surface area contributed by atoms with Crippen LogP contribution in [0.2, 0.25) is 0 Å². The van der Waals surface area contributed by atoms with Crippen LogP contribution in [0.15, 0.2) is 92.5 Å². The first-order valence-corrected chi connectivity index (χ1v) is 10.6. The summed E-state index contributed by atoms with van der Waals surface area (Å²) in [6, 6.07) is 24.5. The Morgan fingerprint density at radius 3 is 2.33 bits per heavy atom. The smallest absolute Gasteiger partial charge is 0.290 e. The molecule has 5 heteroatoms. The zero-order valence-electron chi connectivity index (χ0n) is 16.0. The van der Waals surface area contributed by atoms with Crippen LogP contribution >= 0.6 is 15.9 Å². The van der Waals surface area contributed by atoms with Gasteiger partial charge in [-0.1, -0.05) is 76.6 Å². The molecule has 1 aliphatic heterocycles. The second-order valence-corrected chi connectivity index (χ2v) is 8.28. The molecular weight excluding hydrogens is 442 g/mol. The Labute approximate surface area is 181 Å². The molecule has 1 aromatic heterocycles. The average Bonchev–Trinajstić information content (AvgIpc) is 3.06. The SMILES string of the molecule is O=C1c2oc3ccc(Br)cc3c(=O)c2C(c2ccccc2)N1CCc1ccccc1. The van der Waals surface area contributed by atoms with Crippen molar-refractivity contribution in [1.82, 2.24) is 4.90 Å². The minimum absolute atomic E-state index is 0.150. The summed E-state index contributed by atoms with van der Waals surface area (Å²) in [6.07, 6.45) is 0.698. The zero-order valence-corrected chi connectivity index (χ0v) is 17.6. The van der Waals surface area contributed by atoms with Crippen molar-refractivity contribution in [3.8, 4) is 0 Å². The molecule has 0 fully saturated rings. The fraction of sp³-hybridized carbons (Fsp3) is 0.120. The molecule has 148 valence electrons. The van der Waals surface area contributed by atoms with Crippen LogP contribution in [0.3, 0.4) is 0 Å². The largest absolute Gasteiger partial charge is 0.450 e. The first-order valence-electron chi connectivity index (χ1n) is 9.79. The number of halogens is 1. The van der Waals surface area contributed by atoms with Gasteiger partial charge in [0.05, 0.1) is 17.0 Å². The highest BCUT2D eigenvalue weighted by Crippen LogP contribution is 2.38. The van der Waals surface area contributed by atoms with Crippen molar-refractivity contribution in [3.63, 3.8) is 0 Å². The van der Waals surface area contributed by atoms with Crippen molar-refractivity contribution in [2.45, 2.75) is 12.5 Å². The Morgan fingerprint density at radius 2 is 1.60 bits per heavy atom. The van der Waals surface area contributed by atoms with E-state index in [9.17, 15) is 9.59 Å². The molecule has 2 heterocycles. The lowest BCUT2D eigenvalue weighted by molar-refractivity contribution is 0.0730. The fourth-order valence-electron chi connectivity index (χ4n) is 4.10. The van der Waals surface area contributed by atoms with Crippen molar-refractivity contribution in [3.05, 3.63) is 116 Å². The number of benzene rings is 3. The van der Waals surface area contributed by atoms with Crippen LogP contribution in [0.1, 0.15) is 33.3 Å². The van der Waals surface area contributed by atoms with Crippen molar-refractivity contribution in [2.24, 2.45) is 0 Å². The molecular formula is C25H18BrNO3. The molecule has 5 rings (SSSR count). The Morgan fingerprint density at radius 1 is 0.900 bits per heavy atom. The third-order valence-corrected chi connectivity index (χ3v) is 6.02. The van der Waals surface area contributed by atoms with Gasteiger partial charge < -0.3 is 9.32 Å². The van der Waals surface area contributed by atoms with E-state index in [0.29, 0.717) is 29.5 Å². The van der Waals surface area contributed by atoms with Crippen LogP contribution in [-0.4, -0.2) is 17.4 Å². The molecule has 0 bridgehead atoms. The second kappa shape index (κ2) is 7.58. The third-order valence-electron chi connectivity index (χ3n) is 5.53. The van der Waals surface area contributed by atoms with Gasteiger partial charge in [-0.3, -0.25) is 9.59 Å². The number of carbonyl (C=O) groups excluding carboxylic acids is 1. The van der Waals surface area contributed by atoms with Gasteiger partial charge in [0.25, 0.3) is 5.91 Å². The number of fused-ring (bicyclic) bond motifs is 2. The first kappa shape index (κ1) is 18.8. The molecule has 4 aromatic rings. The van der Waals surface area contributed by atoms with E-state index in [1.165, 1.54) is 0 Å². The number of carbonyl (C=O) groups is 1. The Balaban J connectivity index is 1.65. The normalized spacial score (nSPS) is 15.6. The number of rotatable bonds is 4. The maximum absolute atomic E-state index is 13.5. The first-order chi connectivity index (χ1) is 14.6. The Kier molecular flexibility index (Phi) is 4.75. The van der Waals surface area contributed by atoms with E-state index in [1.54, 1.807) is 23.1 Å². The quantitative estimate of drug-likeness (QED) is 0.413. The fourth-order valence-corrected chi connectivity index (χ4v) is 4.46. The highest BCUT2D eigenvalue weighted by atomic mass is 79.9. The maximum atomic E-state index is 13.5. The standard InChI is InChI=1S/C25H18BrNO3/c26-18-11-12-20-19(15-18)23(28)21-22(17-9-5-2-6-10-17)27(25(29)24(21)30-20)14-13-16-7-3-1-4-8-16/h1-12,15,22H,13-14H2. The predicted octanol–water partition coefficient (Wildman–Crippen LogP) is 5.34. The number of hydrogen-bond acceptors (Lipinski definition) is 3. The molecule has 1 aliphatic rings. The zero-order chi connectivity index (χ0) is 20.7. The molecule has 3 aromatic carbocycles. The number of hydrogen-bond donors (Lipinski definition) is 0. The monoisotopic (exact) mass is 459 g/mol. The summed E-state index contributed by atoms with van der Waals surface area (Å²) < 4.78 is 6.77. The van der Waals surface area contributed by atoms with Crippen LogP contribution in [0.4, 0.5) is 0 Å². The van der Waals surface area contributed by atoms with Crippen LogP contribution in [0.25, 0.3) is 11.0 Å². The molecule has 0 saturated heterocycles. The Bertz CT molecular complexity index is 1300. The van der Waals surface area contributed by atoms with Gasteiger partial charge in [0.1, 0.15) is 5.58 Å². The molecule has 0 radical (unpaired) electrons. The van der Waals surface area contributed by atoms with Gasteiger partial charge in [-0.05, 0) is 35.7 Å². The van der Waals surface area contributed by atoms with E-state index in [2.05, 4.69) is 15.9 Å². The summed E-state index contributed by atoms with van der Waals surface area (Å²) in [7, 11) is 0. The van der Waals surface area contributed by atoms with Gasteiger partial charge in [0.15, 0.2) is 5.43 Å². The lowest BCUT2D eigenvalue weighted by Crippen LogP contribution is -2.31. The molecule has 1 unspecified atom stereocenters. The lowest BCUT2D eigenvalue weighted by Gasteiger charge is -2.25. The van der Waals surface area contributed by atoms with E-state index < -0.39 is 6.04 Å². The molecule has 0 saturated carbocycles. The summed E-state index contributed by atoms with van der Waals surface area (Å²) in [5.74, 6) is -0.0894. The molecule has 1 atom stereocenters. The summed E-state index contributed by atoms with van der Waals surface area (Å²) in [5, 5.41) is 0.474. The predicted molar refractivity (Wildman–Crippen MR) is 120 cm³/mol. The summed E-state index contributed by atoms with van der Waals surface area (Å²) >= 11 is 3.42. The molecule has 30 heavy (non-hydrogen) atoms. The minimum Gasteiger partial charge on any atom is -0.450 e. The van der Waals surface area contributed by atoms with E-state index in [-0.39, 0.29) is 17.1 Å². The molecule has 4 nitrogen and oxygen atoms in total. The van der Waals surface area contributed by atoms with E-state index in [1.807, 2.05) is 60.7 Å². The van der Waals surface area contributed by atoms with E-state index in [4.69, 9.17) is 4.42 Å². The van der Waals surface area contributed by atoms with Crippen molar-refractivity contribution in [1.29, 1.82) is 0 Å². The van der Waals surface area contributed by atoms with Crippen LogP contribution in [0, 0.1) is 0 Å². The van der Waals surface area contributed by atoms with E-state index >= 15 is 0 Å². The van der Waals surface area contributed by atoms with Gasteiger partial charge in [-0.25, -0.2) is 0 Å². The third kappa shape index (κ3) is 3.15. The number of amides is 1. The van der Waals surface area contributed by atoms with Gasteiger partial charge in [0, 0.05) is 11.0 Å². The van der Waals surface area contributed by atoms with Crippen molar-refractivity contribution in [2.75, 3.05) is 6.54 Å². The van der Waals surface area contributed by atoms with E-state index in [0.717, 1.165) is 15.6 Å².